The molecule has 3 aromatic rings. The Balaban J connectivity index is 0.00000161. The van der Waals surface area contributed by atoms with E-state index in [1.807, 2.05) is 42.5 Å². The number of aromatic carboxylic acids is 1. The van der Waals surface area contributed by atoms with Gasteiger partial charge in [-0.2, -0.15) is 0 Å². The zero-order valence-electron chi connectivity index (χ0n) is 11.3. The summed E-state index contributed by atoms with van der Waals surface area (Å²) < 4.78 is 0. The average Bonchev–Trinajstić information content (AvgIpc) is 2.89. The minimum atomic E-state index is -1.27. The third kappa shape index (κ3) is 3.77. The smallest absolute Gasteiger partial charge is 0.542 e. The fourth-order valence-corrected chi connectivity index (χ4v) is 2.54. The van der Waals surface area contributed by atoms with Gasteiger partial charge in [0.05, 0.1) is 5.69 Å². The second-order valence-electron chi connectivity index (χ2n) is 4.11. The molecular formula is C15H9N2NaO2S. The van der Waals surface area contributed by atoms with Crippen molar-refractivity contribution in [2.24, 2.45) is 0 Å². The summed E-state index contributed by atoms with van der Waals surface area (Å²) in [5.74, 6) is -1.27. The van der Waals surface area contributed by atoms with Gasteiger partial charge in [-0.1, -0.05) is 47.7 Å². The standard InChI is InChI=1S/C15H10N2O2S.Na/c18-15(19)14-17-12-9-8-11(16-13(12)20-14)7-6-10-4-2-1-3-5-10;/h1-9H,(H,18,19);/q;+1/p-1. The summed E-state index contributed by atoms with van der Waals surface area (Å²) in [5.41, 5.74) is 2.41. The molecule has 0 aliphatic rings. The van der Waals surface area contributed by atoms with E-state index in [-0.39, 0.29) is 34.6 Å². The molecule has 0 unspecified atom stereocenters. The Hall–Kier alpha value is -1.53. The third-order valence-corrected chi connectivity index (χ3v) is 3.64. The number of carboxylic acid groups (broad SMARTS) is 1. The van der Waals surface area contributed by atoms with Crippen molar-refractivity contribution >= 4 is 39.8 Å². The molecule has 0 radical (unpaired) electrons. The molecule has 0 atom stereocenters. The summed E-state index contributed by atoms with van der Waals surface area (Å²) in [7, 11) is 0. The van der Waals surface area contributed by atoms with Gasteiger partial charge < -0.3 is 9.90 Å². The molecule has 0 fully saturated rings. The number of pyridine rings is 1. The summed E-state index contributed by atoms with van der Waals surface area (Å²) in [4.78, 5) is 19.7. The topological polar surface area (TPSA) is 65.9 Å². The minimum absolute atomic E-state index is 0. The molecule has 0 aliphatic heterocycles. The molecule has 0 saturated heterocycles. The van der Waals surface area contributed by atoms with Crippen molar-refractivity contribution in [1.29, 1.82) is 0 Å². The van der Waals surface area contributed by atoms with Gasteiger partial charge in [-0.05, 0) is 23.8 Å². The van der Waals surface area contributed by atoms with E-state index in [1.165, 1.54) is 0 Å². The van der Waals surface area contributed by atoms with E-state index < -0.39 is 5.97 Å². The number of rotatable bonds is 3. The van der Waals surface area contributed by atoms with Gasteiger partial charge >= 0.3 is 29.6 Å². The van der Waals surface area contributed by atoms with Gasteiger partial charge in [-0.3, -0.25) is 0 Å². The summed E-state index contributed by atoms with van der Waals surface area (Å²) in [5, 5.41) is 10.7. The zero-order chi connectivity index (χ0) is 13.9. The van der Waals surface area contributed by atoms with Crippen LogP contribution in [-0.4, -0.2) is 15.9 Å². The predicted molar refractivity (Wildman–Crippen MR) is 77.1 cm³/mol. The molecule has 0 saturated carbocycles. The fraction of sp³-hybridized carbons (Fsp3) is 0. The van der Waals surface area contributed by atoms with E-state index in [9.17, 15) is 9.90 Å². The Bertz CT molecular complexity index is 800. The maximum absolute atomic E-state index is 10.8. The van der Waals surface area contributed by atoms with Crippen LogP contribution >= 0.6 is 11.3 Å². The maximum Gasteiger partial charge on any atom is 1.00 e. The molecule has 0 aliphatic carbocycles. The second kappa shape index (κ2) is 6.95. The largest absolute Gasteiger partial charge is 1.00 e. The van der Waals surface area contributed by atoms with E-state index in [2.05, 4.69) is 9.97 Å². The number of aromatic nitrogens is 2. The zero-order valence-corrected chi connectivity index (χ0v) is 14.1. The molecule has 98 valence electrons. The molecule has 21 heavy (non-hydrogen) atoms. The Morgan fingerprint density at radius 1 is 1.05 bits per heavy atom. The van der Waals surface area contributed by atoms with Crippen LogP contribution in [0.5, 0.6) is 0 Å². The normalized spacial score (nSPS) is 10.7. The van der Waals surface area contributed by atoms with Crippen molar-refractivity contribution < 1.29 is 39.5 Å². The van der Waals surface area contributed by atoms with Gasteiger partial charge in [0.1, 0.15) is 21.3 Å². The van der Waals surface area contributed by atoms with Crippen LogP contribution in [0.25, 0.3) is 22.5 Å². The molecule has 0 N–H and O–H groups in total. The second-order valence-corrected chi connectivity index (χ2v) is 5.09. The first-order valence-electron chi connectivity index (χ1n) is 5.94. The number of fused-ring (bicyclic) bond motifs is 1. The van der Waals surface area contributed by atoms with Crippen molar-refractivity contribution in [2.45, 2.75) is 0 Å². The Kier molecular flexibility index (Phi) is 5.25. The van der Waals surface area contributed by atoms with E-state index >= 15 is 0 Å². The number of carbonyl (C=O) groups is 1. The average molecular weight is 304 g/mol. The molecular weight excluding hydrogens is 295 g/mol. The maximum atomic E-state index is 10.8. The molecule has 1 aromatic carbocycles. The number of carboxylic acids is 1. The van der Waals surface area contributed by atoms with Gasteiger partial charge in [0.25, 0.3) is 0 Å². The first-order valence-corrected chi connectivity index (χ1v) is 6.76. The van der Waals surface area contributed by atoms with Crippen LogP contribution < -0.4 is 34.7 Å². The molecule has 2 aromatic heterocycles. The van der Waals surface area contributed by atoms with Crippen molar-refractivity contribution in [3.05, 3.63) is 58.7 Å². The first kappa shape index (κ1) is 15.9. The minimum Gasteiger partial charge on any atom is -0.542 e. The SMILES string of the molecule is O=C([O-])c1nc2ccc(C=Cc3ccccc3)nc2s1.[Na+]. The van der Waals surface area contributed by atoms with Gasteiger partial charge in [-0.15, -0.1) is 0 Å². The predicted octanol–water partition coefficient (Wildman–Crippen LogP) is -0.771. The van der Waals surface area contributed by atoms with Crippen LogP contribution in [0.2, 0.25) is 0 Å². The summed E-state index contributed by atoms with van der Waals surface area (Å²) in [6.45, 7) is 0. The van der Waals surface area contributed by atoms with E-state index in [4.69, 9.17) is 0 Å². The fourth-order valence-electron chi connectivity index (χ4n) is 1.76. The van der Waals surface area contributed by atoms with Crippen LogP contribution in [0.3, 0.4) is 0 Å². The number of hydrogen-bond acceptors (Lipinski definition) is 5. The summed E-state index contributed by atoms with van der Waals surface area (Å²) >= 11 is 1.02. The quantitative estimate of drug-likeness (QED) is 0.596. The monoisotopic (exact) mass is 304 g/mol. The van der Waals surface area contributed by atoms with Crippen LogP contribution in [0, 0.1) is 0 Å². The number of carbonyl (C=O) groups excluding carboxylic acids is 1. The van der Waals surface area contributed by atoms with Crippen LogP contribution in [0.1, 0.15) is 21.1 Å². The van der Waals surface area contributed by atoms with Gasteiger partial charge in [-0.25, -0.2) is 9.97 Å². The third-order valence-electron chi connectivity index (χ3n) is 2.70. The van der Waals surface area contributed by atoms with Crippen molar-refractivity contribution in [3.8, 4) is 0 Å². The van der Waals surface area contributed by atoms with Crippen molar-refractivity contribution in [3.63, 3.8) is 0 Å². The van der Waals surface area contributed by atoms with Crippen LogP contribution in [-0.2, 0) is 0 Å². The van der Waals surface area contributed by atoms with Gasteiger partial charge in [0.15, 0.2) is 0 Å². The van der Waals surface area contributed by atoms with Crippen LogP contribution in [0.15, 0.2) is 42.5 Å². The summed E-state index contributed by atoms with van der Waals surface area (Å²) in [6.07, 6.45) is 3.84. The molecule has 3 rings (SSSR count). The number of thiazole rings is 1. The molecule has 6 heteroatoms. The first-order chi connectivity index (χ1) is 9.72. The number of hydrogen-bond donors (Lipinski definition) is 0. The molecule has 0 amide bonds. The Morgan fingerprint density at radius 2 is 1.81 bits per heavy atom. The number of nitrogens with zero attached hydrogens (tertiary/aromatic N) is 2. The molecule has 0 bridgehead atoms. The van der Waals surface area contributed by atoms with Gasteiger partial charge in [0, 0.05) is 0 Å². The molecule has 0 spiro atoms. The number of benzene rings is 1. The van der Waals surface area contributed by atoms with Crippen molar-refractivity contribution in [1.82, 2.24) is 9.97 Å². The van der Waals surface area contributed by atoms with E-state index in [0.717, 1.165) is 22.6 Å². The van der Waals surface area contributed by atoms with Crippen LogP contribution in [0.4, 0.5) is 0 Å². The van der Waals surface area contributed by atoms with Gasteiger partial charge in [0.2, 0.25) is 0 Å². The Morgan fingerprint density at radius 3 is 2.52 bits per heavy atom. The van der Waals surface area contributed by atoms with E-state index in [1.54, 1.807) is 12.1 Å². The molecule has 2 heterocycles. The summed E-state index contributed by atoms with van der Waals surface area (Å²) in [6, 6.07) is 13.4. The molecule has 4 nitrogen and oxygen atoms in total. The van der Waals surface area contributed by atoms with Crippen molar-refractivity contribution in [2.75, 3.05) is 0 Å². The Labute approximate surface area is 147 Å². The van der Waals surface area contributed by atoms with E-state index in [0.29, 0.717) is 10.3 Å².